The molecule has 2 aliphatic rings. The number of H-pyrrole nitrogens is 1. The number of nitrogens with zero attached hydrogens (tertiary/aromatic N) is 2. The van der Waals surface area contributed by atoms with Crippen LogP contribution >= 0.6 is 0 Å². The minimum absolute atomic E-state index is 0.120. The second-order valence-electron chi connectivity index (χ2n) is 8.39. The summed E-state index contributed by atoms with van der Waals surface area (Å²) in [5.41, 5.74) is 0.872. The number of benzene rings is 2. The van der Waals surface area contributed by atoms with Crippen molar-refractivity contribution in [2.24, 2.45) is 0 Å². The highest BCUT2D eigenvalue weighted by atomic mass is 32.2. The summed E-state index contributed by atoms with van der Waals surface area (Å²) in [4.78, 5) is 24.1. The number of aromatic amines is 1. The van der Waals surface area contributed by atoms with E-state index >= 15 is 0 Å². The van der Waals surface area contributed by atoms with Gasteiger partial charge in [-0.15, -0.1) is 0 Å². The Hall–Kier alpha value is -3.24. The van der Waals surface area contributed by atoms with Crippen LogP contribution in [-0.4, -0.2) is 66.2 Å². The van der Waals surface area contributed by atoms with E-state index in [4.69, 9.17) is 9.90 Å². The number of carbonyl (C=O) groups excluding carboxylic acids is 1. The molecular formula is C23H26N4O5S. The fraction of sp³-hybridized carbons (Fsp3) is 0.348. The maximum Gasteiger partial charge on any atom is 0.290 e. The number of sulfone groups is 1. The quantitative estimate of drug-likeness (QED) is 0.499. The summed E-state index contributed by atoms with van der Waals surface area (Å²) in [6.07, 6.45) is 4.24. The van der Waals surface area contributed by atoms with Crippen molar-refractivity contribution >= 4 is 33.1 Å². The predicted molar refractivity (Wildman–Crippen MR) is 122 cm³/mol. The van der Waals surface area contributed by atoms with Crippen molar-refractivity contribution in [2.45, 2.75) is 53.6 Å². The van der Waals surface area contributed by atoms with Crippen LogP contribution in [0.15, 0.2) is 58.3 Å². The number of carbonyl (C=O) groups is 2. The molecule has 0 spiro atoms. The maximum absolute atomic E-state index is 13.0. The van der Waals surface area contributed by atoms with Gasteiger partial charge in [0, 0.05) is 23.5 Å². The van der Waals surface area contributed by atoms with Crippen LogP contribution in [0.1, 0.15) is 36.2 Å². The zero-order valence-electron chi connectivity index (χ0n) is 18.1. The van der Waals surface area contributed by atoms with Gasteiger partial charge in [0.1, 0.15) is 0 Å². The van der Waals surface area contributed by atoms with Gasteiger partial charge in [-0.05, 0) is 63.1 Å². The third-order valence-corrected chi connectivity index (χ3v) is 8.31. The molecule has 174 valence electrons. The first-order valence-electron chi connectivity index (χ1n) is 10.7. The molecule has 3 aromatic rings. The lowest BCUT2D eigenvalue weighted by Gasteiger charge is -2.36. The Morgan fingerprint density at radius 2 is 1.76 bits per heavy atom. The summed E-state index contributed by atoms with van der Waals surface area (Å²) in [5.74, 6) is -0.260. The first kappa shape index (κ1) is 22.9. The van der Waals surface area contributed by atoms with Crippen LogP contribution in [0.5, 0.6) is 0 Å². The van der Waals surface area contributed by atoms with E-state index in [1.807, 2.05) is 0 Å². The van der Waals surface area contributed by atoms with Crippen molar-refractivity contribution in [3.63, 3.8) is 0 Å². The normalized spacial score (nSPS) is 22.4. The van der Waals surface area contributed by atoms with E-state index in [0.717, 1.165) is 12.8 Å². The predicted octanol–water partition coefficient (Wildman–Crippen LogP) is 2.45. The second-order valence-corrected chi connectivity index (χ2v) is 10.3. The minimum atomic E-state index is -3.67. The van der Waals surface area contributed by atoms with Gasteiger partial charge in [0.05, 0.1) is 15.3 Å². The summed E-state index contributed by atoms with van der Waals surface area (Å²) in [6.45, 7) is -0.250. The lowest BCUT2D eigenvalue weighted by Crippen LogP contribution is -2.48. The fourth-order valence-corrected chi connectivity index (χ4v) is 6.16. The van der Waals surface area contributed by atoms with E-state index < -0.39 is 9.84 Å². The van der Waals surface area contributed by atoms with Crippen LogP contribution in [0.3, 0.4) is 0 Å². The number of piperidine rings is 1. The highest BCUT2D eigenvalue weighted by Gasteiger charge is 2.39. The van der Waals surface area contributed by atoms with Crippen molar-refractivity contribution in [3.05, 3.63) is 54.2 Å². The average Bonchev–Trinajstić information content (AvgIpc) is 3.31. The summed E-state index contributed by atoms with van der Waals surface area (Å²) < 4.78 is 25.9. The first-order valence-corrected chi connectivity index (χ1v) is 12.2. The van der Waals surface area contributed by atoms with Crippen LogP contribution in [0.4, 0.5) is 0 Å². The van der Waals surface area contributed by atoms with E-state index in [2.05, 4.69) is 27.5 Å². The number of hydrogen-bond donors (Lipinski definition) is 3. The smallest absolute Gasteiger partial charge is 0.290 e. The number of carboxylic acid groups (broad SMARTS) is 1. The number of amides is 1. The van der Waals surface area contributed by atoms with Gasteiger partial charge in [-0.3, -0.25) is 14.7 Å². The van der Waals surface area contributed by atoms with Crippen LogP contribution in [0.2, 0.25) is 0 Å². The second kappa shape index (κ2) is 9.32. The summed E-state index contributed by atoms with van der Waals surface area (Å²) in [7, 11) is -1.51. The molecule has 3 heterocycles. The Bertz CT molecular complexity index is 1240. The molecule has 2 aromatic carbocycles. The zero-order chi connectivity index (χ0) is 23.6. The standard InChI is InChI=1S/C22H24N4O3S.CH2O2/c1-26-15-7-8-16(26)12-14(11-15)23-22(27)21-19-13-18(9-10-20(19)24-25-21)30(28,29)17-5-3-2-4-6-17;2-1-3/h2-6,9-10,13-16H,7-8,11-12H2,1H3,(H,23,27)(H,24,25);1H,(H,2,3). The Balaban J connectivity index is 0.000000821. The summed E-state index contributed by atoms with van der Waals surface area (Å²) in [6, 6.07) is 14.2. The Morgan fingerprint density at radius 3 is 2.39 bits per heavy atom. The summed E-state index contributed by atoms with van der Waals surface area (Å²) in [5, 5.41) is 17.6. The van der Waals surface area contributed by atoms with Gasteiger partial charge in [0.25, 0.3) is 12.4 Å². The van der Waals surface area contributed by atoms with Gasteiger partial charge in [-0.1, -0.05) is 18.2 Å². The maximum atomic E-state index is 13.0. The van der Waals surface area contributed by atoms with Crippen molar-refractivity contribution in [1.29, 1.82) is 0 Å². The third-order valence-electron chi connectivity index (χ3n) is 6.55. The fourth-order valence-electron chi connectivity index (χ4n) is 4.85. The highest BCUT2D eigenvalue weighted by molar-refractivity contribution is 7.91. The molecule has 0 radical (unpaired) electrons. The van der Waals surface area contributed by atoms with E-state index in [1.54, 1.807) is 42.5 Å². The molecule has 10 heteroatoms. The Kier molecular flexibility index (Phi) is 6.48. The highest BCUT2D eigenvalue weighted by Crippen LogP contribution is 2.34. The number of nitrogens with one attached hydrogen (secondary N) is 2. The van der Waals surface area contributed by atoms with Gasteiger partial charge in [0.15, 0.2) is 5.69 Å². The van der Waals surface area contributed by atoms with Crippen LogP contribution in [-0.2, 0) is 14.6 Å². The zero-order valence-corrected chi connectivity index (χ0v) is 19.0. The third kappa shape index (κ3) is 4.49. The molecule has 2 bridgehead atoms. The lowest BCUT2D eigenvalue weighted by atomic mass is 9.98. The molecule has 2 atom stereocenters. The van der Waals surface area contributed by atoms with E-state index in [1.165, 1.54) is 18.9 Å². The average molecular weight is 471 g/mol. The van der Waals surface area contributed by atoms with Crippen LogP contribution in [0.25, 0.3) is 10.9 Å². The van der Waals surface area contributed by atoms with Gasteiger partial charge in [-0.25, -0.2) is 8.42 Å². The van der Waals surface area contributed by atoms with E-state index in [-0.39, 0.29) is 33.9 Å². The summed E-state index contributed by atoms with van der Waals surface area (Å²) >= 11 is 0. The van der Waals surface area contributed by atoms with Gasteiger partial charge in [0.2, 0.25) is 9.84 Å². The van der Waals surface area contributed by atoms with E-state index in [0.29, 0.717) is 23.0 Å². The van der Waals surface area contributed by atoms with Gasteiger partial charge in [-0.2, -0.15) is 5.10 Å². The van der Waals surface area contributed by atoms with Crippen molar-refractivity contribution < 1.29 is 23.1 Å². The Morgan fingerprint density at radius 1 is 1.12 bits per heavy atom. The number of hydrogen-bond acceptors (Lipinski definition) is 6. The molecule has 1 amide bonds. The monoisotopic (exact) mass is 470 g/mol. The molecule has 2 saturated heterocycles. The van der Waals surface area contributed by atoms with Crippen molar-refractivity contribution in [2.75, 3.05) is 7.05 Å². The molecule has 2 fully saturated rings. The molecule has 3 N–H and O–H groups in total. The largest absolute Gasteiger partial charge is 0.483 e. The molecule has 1 aromatic heterocycles. The Labute approximate surface area is 191 Å². The van der Waals surface area contributed by atoms with Crippen LogP contribution < -0.4 is 5.32 Å². The first-order chi connectivity index (χ1) is 15.8. The SMILES string of the molecule is CN1C2CCC1CC(NC(=O)c1n[nH]c3ccc(S(=O)(=O)c4ccccc4)cc13)C2.O=CO. The van der Waals surface area contributed by atoms with Crippen LogP contribution in [0, 0.1) is 0 Å². The molecule has 5 rings (SSSR count). The molecule has 2 aliphatic heterocycles. The lowest BCUT2D eigenvalue weighted by molar-refractivity contribution is -0.122. The number of rotatable bonds is 4. The number of aromatic nitrogens is 2. The molecule has 9 nitrogen and oxygen atoms in total. The number of fused-ring (bicyclic) bond motifs is 3. The van der Waals surface area contributed by atoms with E-state index in [9.17, 15) is 13.2 Å². The molecular weight excluding hydrogens is 444 g/mol. The van der Waals surface area contributed by atoms with Crippen molar-refractivity contribution in [1.82, 2.24) is 20.4 Å². The molecule has 33 heavy (non-hydrogen) atoms. The topological polar surface area (TPSA) is 132 Å². The molecule has 0 saturated carbocycles. The van der Waals surface area contributed by atoms with Crippen molar-refractivity contribution in [3.8, 4) is 0 Å². The molecule has 2 unspecified atom stereocenters. The minimum Gasteiger partial charge on any atom is -0.483 e. The van der Waals surface area contributed by atoms with Gasteiger partial charge < -0.3 is 15.3 Å². The van der Waals surface area contributed by atoms with Gasteiger partial charge >= 0.3 is 0 Å². The molecule has 0 aliphatic carbocycles.